The molecule has 2 aliphatic rings. The fourth-order valence-electron chi connectivity index (χ4n) is 10.5. The molecule has 0 saturated heterocycles. The van der Waals surface area contributed by atoms with E-state index in [4.69, 9.17) is 4.65 Å². The highest BCUT2D eigenvalue weighted by Crippen LogP contribution is 2.56. The van der Waals surface area contributed by atoms with Crippen LogP contribution in [0.4, 0.5) is 0 Å². The molecule has 5 aromatic rings. The summed E-state index contributed by atoms with van der Waals surface area (Å²) in [5.74, 6) is 0. The Kier molecular flexibility index (Phi) is 13.6. The average Bonchev–Trinajstić information content (AvgIpc) is 3.63. The lowest BCUT2D eigenvalue weighted by molar-refractivity contribution is -0.0893. The molecule has 0 atom stereocenters. The Labute approximate surface area is 371 Å². The quantitative estimate of drug-likeness (QED) is 0.0626. The van der Waals surface area contributed by atoms with Crippen LogP contribution in [0.3, 0.4) is 0 Å². The van der Waals surface area contributed by atoms with E-state index in [1.54, 1.807) is 25.0 Å². The molecule has 0 heterocycles. The highest BCUT2D eigenvalue weighted by Gasteiger charge is 2.43. The van der Waals surface area contributed by atoms with Gasteiger partial charge in [-0.25, -0.2) is 0 Å². The van der Waals surface area contributed by atoms with Gasteiger partial charge in [-0.1, -0.05) is 189 Å². The van der Waals surface area contributed by atoms with Gasteiger partial charge in [-0.3, -0.25) is 0 Å². The van der Waals surface area contributed by atoms with Gasteiger partial charge >= 0.3 is 7.48 Å². The molecule has 5 aromatic carbocycles. The van der Waals surface area contributed by atoms with Crippen LogP contribution in [0.15, 0.2) is 91.0 Å². The van der Waals surface area contributed by atoms with Crippen LogP contribution in [0.1, 0.15) is 179 Å². The predicted octanol–water partition coefficient (Wildman–Crippen LogP) is 15.5. The lowest BCUT2D eigenvalue weighted by atomic mass is 9.70. The minimum Gasteiger partial charge on any atom is -0.427 e. The Balaban J connectivity index is 1.19. The molecule has 1 N–H and O–H groups in total. The lowest BCUT2D eigenvalue weighted by Gasteiger charge is -2.37. The van der Waals surface area contributed by atoms with Crippen LogP contribution in [-0.4, -0.2) is 23.8 Å². The largest absolute Gasteiger partial charge is 0.427 e. The molecule has 3 heteroatoms. The molecule has 0 fully saturated rings. The monoisotopic (exact) mass is 814 g/mol. The fourth-order valence-corrected chi connectivity index (χ4v) is 10.5. The van der Waals surface area contributed by atoms with E-state index in [0.717, 1.165) is 16.6 Å². The van der Waals surface area contributed by atoms with Crippen molar-refractivity contribution in [2.24, 2.45) is 0 Å². The topological polar surface area (TPSA) is 29.5 Å². The predicted molar refractivity (Wildman–Crippen MR) is 263 cm³/mol. The van der Waals surface area contributed by atoms with Gasteiger partial charge in [0.2, 0.25) is 0 Å². The van der Waals surface area contributed by atoms with Gasteiger partial charge in [0.05, 0.1) is 11.2 Å². The van der Waals surface area contributed by atoms with Gasteiger partial charge in [-0.2, -0.15) is 0 Å². The summed E-state index contributed by atoms with van der Waals surface area (Å²) in [5, 5.41) is 10.7. The highest BCUT2D eigenvalue weighted by molar-refractivity contribution is 6.48. The van der Waals surface area contributed by atoms with Crippen LogP contribution >= 0.6 is 0 Å². The van der Waals surface area contributed by atoms with Crippen molar-refractivity contribution in [3.63, 3.8) is 0 Å². The first-order valence-electron chi connectivity index (χ1n) is 24.0. The van der Waals surface area contributed by atoms with Gasteiger partial charge in [-0.15, -0.1) is 0 Å². The number of unbranched alkanes of at least 4 members (excludes halogenated alkanes) is 10. The van der Waals surface area contributed by atoms with E-state index in [2.05, 4.69) is 133 Å². The van der Waals surface area contributed by atoms with E-state index in [1.165, 1.54) is 146 Å². The summed E-state index contributed by atoms with van der Waals surface area (Å²) in [7, 11) is 1.83. The second-order valence-electron chi connectivity index (χ2n) is 20.4. The van der Waals surface area contributed by atoms with Crippen LogP contribution in [0, 0.1) is 13.8 Å². The first-order chi connectivity index (χ1) is 29.1. The molecule has 0 spiro atoms. The number of aliphatic hydroxyl groups is 1. The Morgan fingerprint density at radius 1 is 0.508 bits per heavy atom. The van der Waals surface area contributed by atoms with Crippen LogP contribution < -0.4 is 5.46 Å². The normalized spacial score (nSPS) is 14.7. The Hall–Kier alpha value is -3.92. The number of hydrogen-bond donors (Lipinski definition) is 1. The van der Waals surface area contributed by atoms with E-state index in [0.29, 0.717) is 0 Å². The third-order valence-corrected chi connectivity index (χ3v) is 15.1. The van der Waals surface area contributed by atoms with Crippen molar-refractivity contribution in [3.8, 4) is 44.5 Å². The summed E-state index contributed by atoms with van der Waals surface area (Å²) >= 11 is 0. The zero-order valence-corrected chi connectivity index (χ0v) is 39.5. The summed E-state index contributed by atoms with van der Waals surface area (Å²) in [6.07, 6.45) is 18.5. The lowest BCUT2D eigenvalue weighted by Crippen LogP contribution is -2.49. The zero-order chi connectivity index (χ0) is 43.6. The summed E-state index contributed by atoms with van der Waals surface area (Å²) in [6, 6.07) is 35.8. The van der Waals surface area contributed by atoms with Crippen LogP contribution in [-0.2, 0) is 15.5 Å². The molecule has 7 rings (SSSR count). The maximum Gasteiger partial charge on any atom is 0.331 e. The summed E-state index contributed by atoms with van der Waals surface area (Å²) < 4.78 is 6.18. The smallest absolute Gasteiger partial charge is 0.331 e. The standard InChI is InChI=1S/C58H74BO2/c1-11-13-15-17-19-23-33-58(34-24-20-18-16-14-12-2)50-26-22-21-25-46(50)49-32-28-43(39-53(49)58)42-27-30-47-48-31-29-44(38-52(48)55(5,6)51(47)37-42)45-35-40(3)54(41(4)36-45)59-61-57(9,10)56(7,8)60/h21-22,25-32,35-39,60H,11-20,23-24,33-34H2,1-10H3. The van der Waals surface area contributed by atoms with Crippen LogP contribution in [0.2, 0.25) is 0 Å². The van der Waals surface area contributed by atoms with E-state index in [1.807, 2.05) is 21.3 Å². The molecule has 2 aliphatic carbocycles. The van der Waals surface area contributed by atoms with E-state index in [9.17, 15) is 5.11 Å². The molecule has 2 nitrogen and oxygen atoms in total. The molecular weight excluding hydrogens is 739 g/mol. The molecule has 0 saturated carbocycles. The van der Waals surface area contributed by atoms with E-state index in [-0.39, 0.29) is 10.8 Å². The molecule has 0 aromatic heterocycles. The minimum atomic E-state index is -0.972. The summed E-state index contributed by atoms with van der Waals surface area (Å²) in [5.41, 5.74) is 18.3. The summed E-state index contributed by atoms with van der Waals surface area (Å²) in [4.78, 5) is 0. The van der Waals surface area contributed by atoms with Gasteiger partial charge in [0, 0.05) is 10.8 Å². The van der Waals surface area contributed by atoms with Crippen LogP contribution in [0.5, 0.6) is 0 Å². The first kappa shape index (κ1) is 45.1. The van der Waals surface area contributed by atoms with Gasteiger partial charge in [0.1, 0.15) is 0 Å². The van der Waals surface area contributed by atoms with Gasteiger partial charge in [0.25, 0.3) is 0 Å². The van der Waals surface area contributed by atoms with Crippen molar-refractivity contribution in [2.45, 2.75) is 181 Å². The SMILES string of the molecule is CCCCCCCCC1(CCCCCCCC)c2ccccc2-c2ccc(-c3ccc4c(c3)C(C)(C)c3cc(-c5cc(C)c([B]OC(C)(C)C(C)(C)O)c(C)c5)ccc3-4)cc21. The molecule has 0 bridgehead atoms. The Morgan fingerprint density at radius 2 is 0.934 bits per heavy atom. The maximum absolute atomic E-state index is 10.7. The molecular formula is C58H74BO2. The molecule has 321 valence electrons. The Morgan fingerprint density at radius 3 is 1.44 bits per heavy atom. The first-order valence-corrected chi connectivity index (χ1v) is 24.0. The van der Waals surface area contributed by atoms with Gasteiger partial charge in [-0.05, 0) is 145 Å². The second-order valence-corrected chi connectivity index (χ2v) is 20.4. The maximum atomic E-state index is 10.7. The van der Waals surface area contributed by atoms with Crippen molar-refractivity contribution in [2.75, 3.05) is 0 Å². The molecule has 0 unspecified atom stereocenters. The number of aryl methyl sites for hydroxylation is 2. The van der Waals surface area contributed by atoms with E-state index < -0.39 is 11.2 Å². The zero-order valence-electron chi connectivity index (χ0n) is 39.5. The van der Waals surface area contributed by atoms with Crippen molar-refractivity contribution in [1.29, 1.82) is 0 Å². The third-order valence-electron chi connectivity index (χ3n) is 15.1. The highest BCUT2D eigenvalue weighted by atomic mass is 16.5. The van der Waals surface area contributed by atoms with Crippen molar-refractivity contribution < 1.29 is 9.76 Å². The minimum absolute atomic E-state index is 0.0764. The molecule has 0 amide bonds. The van der Waals surface area contributed by atoms with Crippen molar-refractivity contribution >= 4 is 12.9 Å². The van der Waals surface area contributed by atoms with Gasteiger partial charge in [0.15, 0.2) is 0 Å². The molecule has 61 heavy (non-hydrogen) atoms. The fraction of sp³-hybridized carbons (Fsp3) is 0.483. The van der Waals surface area contributed by atoms with Crippen molar-refractivity contribution in [1.82, 2.24) is 0 Å². The number of rotatable bonds is 20. The molecule has 1 radical (unpaired) electrons. The number of fused-ring (bicyclic) bond motifs is 6. The third kappa shape index (κ3) is 8.99. The summed E-state index contributed by atoms with van der Waals surface area (Å²) in [6.45, 7) is 21.2. The van der Waals surface area contributed by atoms with Crippen molar-refractivity contribution in [3.05, 3.63) is 124 Å². The number of hydrogen-bond acceptors (Lipinski definition) is 2. The number of benzene rings is 5. The van der Waals surface area contributed by atoms with E-state index >= 15 is 0 Å². The average molecular weight is 814 g/mol. The second kappa shape index (κ2) is 18.4. The van der Waals surface area contributed by atoms with Gasteiger partial charge < -0.3 is 9.76 Å². The Bertz CT molecular complexity index is 2280. The van der Waals surface area contributed by atoms with Crippen LogP contribution in [0.25, 0.3) is 44.5 Å². The molecule has 0 aliphatic heterocycles.